The van der Waals surface area contributed by atoms with Crippen LogP contribution >= 0.6 is 0 Å². The maximum absolute atomic E-state index is 6.80. The van der Waals surface area contributed by atoms with Crippen LogP contribution in [-0.4, -0.2) is 24.3 Å². The average Bonchev–Trinajstić information content (AvgIpc) is 2.34. The van der Waals surface area contributed by atoms with E-state index in [0.717, 1.165) is 24.3 Å². The van der Waals surface area contributed by atoms with E-state index in [4.69, 9.17) is 4.74 Å². The lowest BCUT2D eigenvalue weighted by molar-refractivity contribution is -0.176. The molecule has 1 N–H and O–H groups in total. The molecule has 2 rings (SSSR count). The Morgan fingerprint density at radius 1 is 1.14 bits per heavy atom. The number of ether oxygens (including phenoxy) is 1. The summed E-state index contributed by atoms with van der Waals surface area (Å²) in [5.41, 5.74) is 0.205. The molecule has 0 radical (unpaired) electrons. The molecule has 0 aliphatic heterocycles. The van der Waals surface area contributed by atoms with Crippen LogP contribution in [-0.2, 0) is 4.74 Å². The lowest BCUT2D eigenvalue weighted by Crippen LogP contribution is -2.49. The van der Waals surface area contributed by atoms with Crippen molar-refractivity contribution in [1.82, 2.24) is 5.32 Å². The van der Waals surface area contributed by atoms with E-state index in [9.17, 15) is 0 Å². The molecule has 0 aromatic carbocycles. The molecule has 0 amide bonds. The minimum atomic E-state index is 0.205. The van der Waals surface area contributed by atoms with Crippen molar-refractivity contribution in [1.29, 1.82) is 0 Å². The van der Waals surface area contributed by atoms with Gasteiger partial charge in [0.25, 0.3) is 0 Å². The minimum Gasteiger partial charge on any atom is -0.371 e. The summed E-state index contributed by atoms with van der Waals surface area (Å²) in [6, 6.07) is 0.584. The maximum Gasteiger partial charge on any atom is 0.0698 e. The quantitative estimate of drug-likeness (QED) is 0.730. The third-order valence-corrected chi connectivity index (χ3v) is 5.76. The molecule has 0 aromatic heterocycles. The van der Waals surface area contributed by atoms with E-state index in [-0.39, 0.29) is 5.60 Å². The number of hydrogen-bond donors (Lipinski definition) is 1. The van der Waals surface area contributed by atoms with Gasteiger partial charge in [-0.2, -0.15) is 0 Å². The highest BCUT2D eigenvalue weighted by molar-refractivity contribution is 4.93. The maximum atomic E-state index is 6.80. The summed E-state index contributed by atoms with van der Waals surface area (Å²) < 4.78 is 6.80. The largest absolute Gasteiger partial charge is 0.371 e. The van der Waals surface area contributed by atoms with Gasteiger partial charge in [-0.05, 0) is 62.8 Å². The van der Waals surface area contributed by atoms with Crippen LogP contribution in [0.25, 0.3) is 0 Å². The van der Waals surface area contributed by atoms with Gasteiger partial charge in [0.05, 0.1) is 11.7 Å². The average molecular weight is 296 g/mol. The Bertz CT molecular complexity index is 309. The lowest BCUT2D eigenvalue weighted by Gasteiger charge is -2.48. The first kappa shape index (κ1) is 17.3. The second-order valence-electron chi connectivity index (χ2n) is 8.38. The molecule has 2 aliphatic rings. The molecule has 2 heteroatoms. The molecular weight excluding hydrogens is 258 g/mol. The van der Waals surface area contributed by atoms with E-state index in [0.29, 0.717) is 12.1 Å². The molecule has 2 saturated carbocycles. The van der Waals surface area contributed by atoms with E-state index in [1.54, 1.807) is 0 Å². The summed E-state index contributed by atoms with van der Waals surface area (Å²) >= 11 is 0. The highest BCUT2D eigenvalue weighted by Gasteiger charge is 2.43. The van der Waals surface area contributed by atoms with E-state index in [2.05, 4.69) is 39.9 Å². The Morgan fingerprint density at radius 2 is 1.86 bits per heavy atom. The molecule has 2 aliphatic carbocycles. The normalized spacial score (nSPS) is 32.4. The zero-order valence-electron chi connectivity index (χ0n) is 15.0. The number of hydrogen-bond acceptors (Lipinski definition) is 2. The van der Waals surface area contributed by atoms with Crippen LogP contribution in [0.3, 0.4) is 0 Å². The fourth-order valence-corrected chi connectivity index (χ4v) is 4.16. The first-order valence-electron chi connectivity index (χ1n) is 9.33. The smallest absolute Gasteiger partial charge is 0.0698 e. The third kappa shape index (κ3) is 4.69. The van der Waals surface area contributed by atoms with E-state index in [1.165, 1.54) is 44.9 Å². The van der Waals surface area contributed by atoms with Gasteiger partial charge in [-0.15, -0.1) is 0 Å². The van der Waals surface area contributed by atoms with Crippen LogP contribution in [0.2, 0.25) is 0 Å². The first-order valence-corrected chi connectivity index (χ1v) is 9.33. The molecular formula is C19H37NO. The fourth-order valence-electron chi connectivity index (χ4n) is 4.16. The van der Waals surface area contributed by atoms with Gasteiger partial charge in [0.2, 0.25) is 0 Å². The molecule has 3 atom stereocenters. The molecule has 21 heavy (non-hydrogen) atoms. The lowest BCUT2D eigenvalue weighted by atomic mass is 9.73. The first-order chi connectivity index (χ1) is 9.92. The predicted molar refractivity (Wildman–Crippen MR) is 90.6 cm³/mol. The van der Waals surface area contributed by atoms with Gasteiger partial charge in [0.1, 0.15) is 0 Å². The molecule has 0 saturated heterocycles. The SMILES string of the molecule is CC1CCC(C(C)C)C(OC2(CCNC(C)C)CCC2)C1. The zero-order valence-corrected chi connectivity index (χ0v) is 15.0. The van der Waals surface area contributed by atoms with Crippen molar-refractivity contribution in [3.63, 3.8) is 0 Å². The highest BCUT2D eigenvalue weighted by atomic mass is 16.5. The fraction of sp³-hybridized carbons (Fsp3) is 1.00. The van der Waals surface area contributed by atoms with Gasteiger partial charge < -0.3 is 10.1 Å². The number of rotatable bonds is 7. The van der Waals surface area contributed by atoms with Crippen LogP contribution in [0.1, 0.15) is 79.6 Å². The summed E-state index contributed by atoms with van der Waals surface area (Å²) in [5, 5.41) is 3.57. The van der Waals surface area contributed by atoms with Crippen LogP contribution in [0, 0.1) is 17.8 Å². The van der Waals surface area contributed by atoms with Crippen LogP contribution in [0.5, 0.6) is 0 Å². The summed E-state index contributed by atoms with van der Waals surface area (Å²) in [6.07, 6.45) is 9.66. The van der Waals surface area contributed by atoms with Crippen molar-refractivity contribution < 1.29 is 4.74 Å². The second kappa shape index (κ2) is 7.46. The summed E-state index contributed by atoms with van der Waals surface area (Å²) in [7, 11) is 0. The van der Waals surface area contributed by atoms with Crippen molar-refractivity contribution >= 4 is 0 Å². The van der Waals surface area contributed by atoms with Crippen molar-refractivity contribution in [2.45, 2.75) is 97.3 Å². The summed E-state index contributed by atoms with van der Waals surface area (Å²) in [5.74, 6) is 2.38. The van der Waals surface area contributed by atoms with Crippen LogP contribution in [0.15, 0.2) is 0 Å². The number of nitrogens with one attached hydrogen (secondary N) is 1. The van der Waals surface area contributed by atoms with Crippen molar-refractivity contribution in [3.8, 4) is 0 Å². The highest BCUT2D eigenvalue weighted by Crippen LogP contribution is 2.44. The monoisotopic (exact) mass is 295 g/mol. The summed E-state index contributed by atoms with van der Waals surface area (Å²) in [6.45, 7) is 12.7. The van der Waals surface area contributed by atoms with Crippen molar-refractivity contribution in [2.24, 2.45) is 17.8 Å². The molecule has 3 unspecified atom stereocenters. The third-order valence-electron chi connectivity index (χ3n) is 5.76. The topological polar surface area (TPSA) is 21.3 Å². The Labute approximate surface area is 132 Å². The standard InChI is InChI=1S/C19H37NO/c1-14(2)17-8-7-16(5)13-18(17)21-19(9-6-10-19)11-12-20-15(3)4/h14-18,20H,6-13H2,1-5H3. The van der Waals surface area contributed by atoms with Gasteiger partial charge in [-0.1, -0.05) is 41.0 Å². The van der Waals surface area contributed by atoms with Gasteiger partial charge in [0.15, 0.2) is 0 Å². The van der Waals surface area contributed by atoms with Gasteiger partial charge in [0, 0.05) is 6.04 Å². The molecule has 2 fully saturated rings. The molecule has 2 nitrogen and oxygen atoms in total. The summed E-state index contributed by atoms with van der Waals surface area (Å²) in [4.78, 5) is 0. The molecule has 0 bridgehead atoms. The Hall–Kier alpha value is -0.0800. The minimum absolute atomic E-state index is 0.205. The van der Waals surface area contributed by atoms with E-state index >= 15 is 0 Å². The van der Waals surface area contributed by atoms with Crippen LogP contribution in [0.4, 0.5) is 0 Å². The van der Waals surface area contributed by atoms with Gasteiger partial charge >= 0.3 is 0 Å². The van der Waals surface area contributed by atoms with E-state index < -0.39 is 0 Å². The van der Waals surface area contributed by atoms with Gasteiger partial charge in [-0.25, -0.2) is 0 Å². The molecule has 0 aromatic rings. The molecule has 0 spiro atoms. The van der Waals surface area contributed by atoms with E-state index in [1.807, 2.05) is 0 Å². The molecule has 0 heterocycles. The Morgan fingerprint density at radius 3 is 2.38 bits per heavy atom. The second-order valence-corrected chi connectivity index (χ2v) is 8.38. The Balaban J connectivity index is 1.92. The molecule has 124 valence electrons. The van der Waals surface area contributed by atoms with Crippen molar-refractivity contribution in [3.05, 3.63) is 0 Å². The predicted octanol–water partition coefficient (Wildman–Crippen LogP) is 4.77. The zero-order chi connectivity index (χ0) is 15.5. The Kier molecular flexibility index (Phi) is 6.14. The van der Waals surface area contributed by atoms with Crippen LogP contribution < -0.4 is 5.32 Å². The van der Waals surface area contributed by atoms with Gasteiger partial charge in [-0.3, -0.25) is 0 Å². The van der Waals surface area contributed by atoms with Crippen molar-refractivity contribution in [2.75, 3.05) is 6.54 Å².